The molecule has 4 nitrogen and oxygen atoms in total. The Kier molecular flexibility index (Phi) is 6.92. The first-order chi connectivity index (χ1) is 15.5. The van der Waals surface area contributed by atoms with Crippen LogP contribution in [-0.2, 0) is 19.3 Å². The van der Waals surface area contributed by atoms with Crippen LogP contribution in [0.3, 0.4) is 0 Å². The largest absolute Gasteiger partial charge is 0.497 e. The highest BCUT2D eigenvalue weighted by atomic mass is 35.5. The molecule has 32 heavy (non-hydrogen) atoms. The second kappa shape index (κ2) is 9.68. The number of nitrogens with zero attached hydrogens (tertiary/aromatic N) is 2. The van der Waals surface area contributed by atoms with Crippen molar-refractivity contribution in [2.75, 3.05) is 12.4 Å². The maximum atomic E-state index is 6.51. The molecule has 0 fully saturated rings. The molecule has 4 rings (SSSR count). The van der Waals surface area contributed by atoms with Crippen molar-refractivity contribution >= 4 is 29.0 Å². The van der Waals surface area contributed by atoms with E-state index in [4.69, 9.17) is 37.9 Å². The van der Waals surface area contributed by atoms with Crippen LogP contribution in [0, 0.1) is 5.92 Å². The highest BCUT2D eigenvalue weighted by molar-refractivity contribution is 6.36. The molecule has 0 unspecified atom stereocenters. The van der Waals surface area contributed by atoms with Crippen LogP contribution in [0.25, 0.3) is 11.3 Å². The minimum atomic E-state index is 0.180. The SMILES string of the molecule is CCc1nc(-c2ccc(Cl)cc2Cl)c(CC)nc1N[C@@H]1c2cc(OC)ccc2C[C@@H]1CC. The van der Waals surface area contributed by atoms with Crippen molar-refractivity contribution in [3.8, 4) is 17.0 Å². The fourth-order valence-corrected chi connectivity index (χ4v) is 5.06. The van der Waals surface area contributed by atoms with Crippen LogP contribution in [0.1, 0.15) is 55.7 Å². The van der Waals surface area contributed by atoms with Crippen molar-refractivity contribution < 1.29 is 4.74 Å². The predicted molar refractivity (Wildman–Crippen MR) is 133 cm³/mol. The van der Waals surface area contributed by atoms with Crippen LogP contribution in [-0.4, -0.2) is 17.1 Å². The molecule has 2 aromatic carbocycles. The minimum absolute atomic E-state index is 0.180. The smallest absolute Gasteiger partial charge is 0.148 e. The van der Waals surface area contributed by atoms with Gasteiger partial charge in [-0.1, -0.05) is 56.5 Å². The van der Waals surface area contributed by atoms with Gasteiger partial charge in [0, 0.05) is 10.6 Å². The van der Waals surface area contributed by atoms with E-state index in [1.165, 1.54) is 11.1 Å². The number of aryl methyl sites for hydroxylation is 2. The zero-order chi connectivity index (χ0) is 22.8. The van der Waals surface area contributed by atoms with Crippen molar-refractivity contribution in [1.82, 2.24) is 9.97 Å². The highest BCUT2D eigenvalue weighted by Crippen LogP contribution is 2.42. The molecule has 0 spiro atoms. The van der Waals surface area contributed by atoms with E-state index in [-0.39, 0.29) is 6.04 Å². The van der Waals surface area contributed by atoms with Crippen molar-refractivity contribution in [3.05, 3.63) is 69.0 Å². The average Bonchev–Trinajstić information content (AvgIpc) is 3.15. The number of hydrogen-bond acceptors (Lipinski definition) is 4. The molecular weight excluding hydrogens is 441 g/mol. The third-order valence-electron chi connectivity index (χ3n) is 6.35. The zero-order valence-electron chi connectivity index (χ0n) is 19.0. The monoisotopic (exact) mass is 469 g/mol. The number of rotatable bonds is 7. The lowest BCUT2D eigenvalue weighted by Crippen LogP contribution is -2.19. The number of benzene rings is 2. The summed E-state index contributed by atoms with van der Waals surface area (Å²) in [7, 11) is 1.71. The van der Waals surface area contributed by atoms with Crippen molar-refractivity contribution in [3.63, 3.8) is 0 Å². The Balaban J connectivity index is 1.76. The van der Waals surface area contributed by atoms with Gasteiger partial charge in [0.2, 0.25) is 0 Å². The lowest BCUT2D eigenvalue weighted by molar-refractivity contribution is 0.413. The summed E-state index contributed by atoms with van der Waals surface area (Å²) in [5, 5.41) is 4.96. The highest BCUT2D eigenvalue weighted by Gasteiger charge is 2.32. The molecule has 168 valence electrons. The summed E-state index contributed by atoms with van der Waals surface area (Å²) in [5.74, 6) is 2.24. The fourth-order valence-electron chi connectivity index (χ4n) is 4.56. The van der Waals surface area contributed by atoms with Crippen molar-refractivity contribution in [2.24, 2.45) is 5.92 Å². The summed E-state index contributed by atoms with van der Waals surface area (Å²) < 4.78 is 5.49. The van der Waals surface area contributed by atoms with Gasteiger partial charge in [-0.25, -0.2) is 9.97 Å². The Morgan fingerprint density at radius 2 is 1.78 bits per heavy atom. The van der Waals surface area contributed by atoms with Crippen LogP contribution >= 0.6 is 23.2 Å². The number of nitrogens with one attached hydrogen (secondary N) is 1. The van der Waals surface area contributed by atoms with Gasteiger partial charge in [-0.3, -0.25) is 0 Å². The van der Waals surface area contributed by atoms with Crippen LogP contribution in [0.4, 0.5) is 5.82 Å². The number of methoxy groups -OCH3 is 1. The number of ether oxygens (including phenoxy) is 1. The minimum Gasteiger partial charge on any atom is -0.497 e. The topological polar surface area (TPSA) is 47.0 Å². The summed E-state index contributed by atoms with van der Waals surface area (Å²) in [4.78, 5) is 10.1. The Morgan fingerprint density at radius 1 is 1.00 bits per heavy atom. The first-order valence-corrected chi connectivity index (χ1v) is 12.0. The zero-order valence-corrected chi connectivity index (χ0v) is 20.5. The molecule has 0 saturated heterocycles. The lowest BCUT2D eigenvalue weighted by atomic mass is 9.97. The van der Waals surface area contributed by atoms with Gasteiger partial charge in [-0.2, -0.15) is 0 Å². The standard InChI is InChI=1S/C26H29Cl2N3O/c1-5-15-12-16-8-10-18(32-4)14-20(16)24(15)31-26-23(7-3)29-25(22(6-2)30-26)19-11-9-17(27)13-21(19)28/h8-11,13-15,24H,5-7,12H2,1-4H3,(H,30,31)/t15-,24-/m0/s1. The molecule has 2 atom stereocenters. The van der Waals surface area contributed by atoms with Crippen LogP contribution in [0.15, 0.2) is 36.4 Å². The Hall–Kier alpha value is -2.30. The molecule has 0 bridgehead atoms. The molecule has 0 saturated carbocycles. The van der Waals surface area contributed by atoms with Crippen LogP contribution in [0.5, 0.6) is 5.75 Å². The average molecular weight is 470 g/mol. The number of hydrogen-bond donors (Lipinski definition) is 1. The van der Waals surface area contributed by atoms with E-state index in [0.29, 0.717) is 16.0 Å². The number of anilines is 1. The first kappa shape index (κ1) is 22.9. The van der Waals surface area contributed by atoms with E-state index in [0.717, 1.165) is 59.9 Å². The van der Waals surface area contributed by atoms with E-state index >= 15 is 0 Å². The van der Waals surface area contributed by atoms with Crippen molar-refractivity contribution in [1.29, 1.82) is 0 Å². The molecule has 6 heteroatoms. The van der Waals surface area contributed by atoms with Gasteiger partial charge in [0.15, 0.2) is 0 Å². The Bertz CT molecular complexity index is 1130. The fraction of sp³-hybridized carbons (Fsp3) is 0.385. The maximum absolute atomic E-state index is 6.51. The summed E-state index contributed by atoms with van der Waals surface area (Å²) in [6.07, 6.45) is 3.67. The summed E-state index contributed by atoms with van der Waals surface area (Å²) in [6.45, 7) is 6.45. The summed E-state index contributed by atoms with van der Waals surface area (Å²) >= 11 is 12.6. The predicted octanol–water partition coefficient (Wildman–Crippen LogP) is 7.32. The van der Waals surface area contributed by atoms with E-state index in [9.17, 15) is 0 Å². The lowest BCUT2D eigenvalue weighted by Gasteiger charge is -2.24. The molecule has 1 N–H and O–H groups in total. The quantitative estimate of drug-likeness (QED) is 0.393. The van der Waals surface area contributed by atoms with E-state index in [2.05, 4.69) is 38.2 Å². The molecular formula is C26H29Cl2N3O. The van der Waals surface area contributed by atoms with Crippen LogP contribution < -0.4 is 10.1 Å². The summed E-state index contributed by atoms with van der Waals surface area (Å²) in [6, 6.07) is 12.1. The van der Waals surface area contributed by atoms with E-state index in [1.807, 2.05) is 18.2 Å². The van der Waals surface area contributed by atoms with Gasteiger partial charge >= 0.3 is 0 Å². The Labute approximate surface area is 200 Å². The molecule has 0 aliphatic heterocycles. The van der Waals surface area contributed by atoms with Gasteiger partial charge in [0.1, 0.15) is 11.6 Å². The van der Waals surface area contributed by atoms with Crippen molar-refractivity contribution in [2.45, 2.75) is 52.5 Å². The maximum Gasteiger partial charge on any atom is 0.148 e. The van der Waals surface area contributed by atoms with Gasteiger partial charge in [0.25, 0.3) is 0 Å². The Morgan fingerprint density at radius 3 is 2.44 bits per heavy atom. The summed E-state index contributed by atoms with van der Waals surface area (Å²) in [5.41, 5.74) is 6.23. The third kappa shape index (κ3) is 4.31. The van der Waals surface area contributed by atoms with Gasteiger partial charge in [-0.15, -0.1) is 0 Å². The van der Waals surface area contributed by atoms with Gasteiger partial charge < -0.3 is 10.1 Å². The molecule has 3 aromatic rings. The van der Waals surface area contributed by atoms with E-state index < -0.39 is 0 Å². The second-order valence-electron chi connectivity index (χ2n) is 8.20. The normalized spacial score (nSPS) is 17.3. The molecule has 1 aliphatic carbocycles. The number of fused-ring (bicyclic) bond motifs is 1. The molecule has 0 amide bonds. The molecule has 0 radical (unpaired) electrons. The second-order valence-corrected chi connectivity index (χ2v) is 9.05. The number of aromatic nitrogens is 2. The molecule has 1 heterocycles. The molecule has 1 aliphatic rings. The molecule has 1 aromatic heterocycles. The number of halogens is 2. The van der Waals surface area contributed by atoms with E-state index in [1.54, 1.807) is 13.2 Å². The third-order valence-corrected chi connectivity index (χ3v) is 6.90. The van der Waals surface area contributed by atoms with Gasteiger partial charge in [-0.05, 0) is 66.6 Å². The first-order valence-electron chi connectivity index (χ1n) is 11.3. The van der Waals surface area contributed by atoms with Gasteiger partial charge in [0.05, 0.1) is 35.3 Å². The van der Waals surface area contributed by atoms with Crippen LogP contribution in [0.2, 0.25) is 10.0 Å².